The van der Waals surface area contributed by atoms with Crippen molar-refractivity contribution < 1.29 is 4.79 Å². The molecule has 3 heteroatoms. The molecular weight excluding hydrogens is 206 g/mol. The number of hydrogen-bond donors (Lipinski definition) is 1. The van der Waals surface area contributed by atoms with Crippen molar-refractivity contribution >= 4 is 18.5 Å². The first-order valence-corrected chi connectivity index (χ1v) is 6.63. The maximum atomic E-state index is 11.9. The summed E-state index contributed by atoms with van der Waals surface area (Å²) < 4.78 is 0. The molecule has 2 aliphatic rings. The number of amides is 1. The van der Waals surface area contributed by atoms with Crippen molar-refractivity contribution in [2.24, 2.45) is 11.3 Å². The van der Waals surface area contributed by atoms with Crippen LogP contribution in [0.5, 0.6) is 0 Å². The lowest BCUT2D eigenvalue weighted by molar-refractivity contribution is -0.131. The minimum atomic E-state index is 0.272. The molecular formula is C12H21NOS. The summed E-state index contributed by atoms with van der Waals surface area (Å²) >= 11 is 4.34. The van der Waals surface area contributed by atoms with Gasteiger partial charge in [0.1, 0.15) is 0 Å². The Morgan fingerprint density at radius 1 is 1.47 bits per heavy atom. The Morgan fingerprint density at radius 3 is 2.53 bits per heavy atom. The molecule has 0 saturated heterocycles. The minimum absolute atomic E-state index is 0.272. The van der Waals surface area contributed by atoms with Gasteiger partial charge >= 0.3 is 0 Å². The van der Waals surface area contributed by atoms with Gasteiger partial charge in [-0.15, -0.1) is 0 Å². The molecule has 2 fully saturated rings. The predicted molar refractivity (Wildman–Crippen MR) is 65.1 cm³/mol. The standard InChI is InChI=1S/C12H21NOS/c1-13(8-10-3-2-4-10)11(14)7-12(9-15)5-6-12/h10,15H,2-9H2,1H3. The van der Waals surface area contributed by atoms with Crippen molar-refractivity contribution in [1.29, 1.82) is 0 Å². The van der Waals surface area contributed by atoms with Crippen molar-refractivity contribution in [2.75, 3.05) is 19.3 Å². The number of thiol groups is 1. The number of carbonyl (C=O) groups excluding carboxylic acids is 1. The Hall–Kier alpha value is -0.180. The van der Waals surface area contributed by atoms with Gasteiger partial charge in [0.25, 0.3) is 0 Å². The summed E-state index contributed by atoms with van der Waals surface area (Å²) in [7, 11) is 1.95. The molecule has 0 N–H and O–H groups in total. The highest BCUT2D eigenvalue weighted by Gasteiger charge is 2.43. The highest BCUT2D eigenvalue weighted by molar-refractivity contribution is 7.80. The highest BCUT2D eigenvalue weighted by Crippen LogP contribution is 2.49. The van der Waals surface area contributed by atoms with Crippen LogP contribution in [0.4, 0.5) is 0 Å². The molecule has 86 valence electrons. The van der Waals surface area contributed by atoms with Crippen LogP contribution < -0.4 is 0 Å². The van der Waals surface area contributed by atoms with Crippen molar-refractivity contribution in [3.05, 3.63) is 0 Å². The van der Waals surface area contributed by atoms with Gasteiger partial charge in [-0.3, -0.25) is 4.79 Å². The SMILES string of the molecule is CN(CC1CCC1)C(=O)CC1(CS)CC1. The van der Waals surface area contributed by atoms with Crippen molar-refractivity contribution in [2.45, 2.75) is 38.5 Å². The van der Waals surface area contributed by atoms with E-state index in [1.165, 1.54) is 32.1 Å². The lowest BCUT2D eigenvalue weighted by atomic mass is 9.85. The molecule has 1 amide bonds. The molecule has 0 bridgehead atoms. The second kappa shape index (κ2) is 4.36. The maximum absolute atomic E-state index is 11.9. The zero-order valence-electron chi connectivity index (χ0n) is 9.54. The first-order chi connectivity index (χ1) is 7.15. The minimum Gasteiger partial charge on any atom is -0.345 e. The van der Waals surface area contributed by atoms with Crippen LogP contribution in [-0.4, -0.2) is 30.2 Å². The lowest BCUT2D eigenvalue weighted by Crippen LogP contribution is -2.35. The smallest absolute Gasteiger partial charge is 0.222 e. The van der Waals surface area contributed by atoms with Crippen LogP contribution in [0.2, 0.25) is 0 Å². The van der Waals surface area contributed by atoms with Crippen LogP contribution in [-0.2, 0) is 4.79 Å². The molecule has 0 aromatic rings. The largest absolute Gasteiger partial charge is 0.345 e. The third-order valence-electron chi connectivity index (χ3n) is 4.00. The van der Waals surface area contributed by atoms with Crippen molar-refractivity contribution in [1.82, 2.24) is 4.90 Å². The van der Waals surface area contributed by atoms with Gasteiger partial charge in [-0.05, 0) is 42.8 Å². The van der Waals surface area contributed by atoms with Gasteiger partial charge in [0.2, 0.25) is 5.91 Å². The molecule has 2 nitrogen and oxygen atoms in total. The molecule has 0 aromatic carbocycles. The topological polar surface area (TPSA) is 20.3 Å². The highest BCUT2D eigenvalue weighted by atomic mass is 32.1. The first kappa shape index (κ1) is 11.3. The second-order valence-electron chi connectivity index (χ2n) is 5.41. The zero-order chi connectivity index (χ0) is 10.9. The monoisotopic (exact) mass is 227 g/mol. The van der Waals surface area contributed by atoms with Gasteiger partial charge in [-0.1, -0.05) is 6.42 Å². The molecule has 2 rings (SSSR count). The van der Waals surface area contributed by atoms with E-state index in [2.05, 4.69) is 12.6 Å². The van der Waals surface area contributed by atoms with E-state index in [1.54, 1.807) is 0 Å². The molecule has 0 unspecified atom stereocenters. The summed E-state index contributed by atoms with van der Waals surface area (Å²) in [6.07, 6.45) is 7.09. The summed E-state index contributed by atoms with van der Waals surface area (Å²) in [6, 6.07) is 0. The molecule has 15 heavy (non-hydrogen) atoms. The van der Waals surface area contributed by atoms with Crippen molar-refractivity contribution in [3.63, 3.8) is 0 Å². The number of nitrogens with zero attached hydrogens (tertiary/aromatic N) is 1. The fraction of sp³-hybridized carbons (Fsp3) is 0.917. The fourth-order valence-electron chi connectivity index (χ4n) is 2.19. The Kier molecular flexibility index (Phi) is 3.29. The van der Waals surface area contributed by atoms with E-state index >= 15 is 0 Å². The number of carbonyl (C=O) groups is 1. The predicted octanol–water partition coefficient (Wildman–Crippen LogP) is 2.35. The van der Waals surface area contributed by atoms with E-state index in [4.69, 9.17) is 0 Å². The first-order valence-electron chi connectivity index (χ1n) is 6.00. The second-order valence-corrected chi connectivity index (χ2v) is 5.72. The van der Waals surface area contributed by atoms with E-state index in [9.17, 15) is 4.79 Å². The quantitative estimate of drug-likeness (QED) is 0.715. The maximum Gasteiger partial charge on any atom is 0.222 e. The molecule has 0 radical (unpaired) electrons. The van der Waals surface area contributed by atoms with Gasteiger partial charge < -0.3 is 4.90 Å². The van der Waals surface area contributed by atoms with Crippen LogP contribution in [0.15, 0.2) is 0 Å². The molecule has 0 aliphatic heterocycles. The molecule has 0 aromatic heterocycles. The van der Waals surface area contributed by atoms with Crippen LogP contribution >= 0.6 is 12.6 Å². The summed E-state index contributed by atoms with van der Waals surface area (Å²) in [5, 5.41) is 0. The van der Waals surface area contributed by atoms with E-state index in [1.807, 2.05) is 11.9 Å². The van der Waals surface area contributed by atoms with Crippen LogP contribution in [0.3, 0.4) is 0 Å². The van der Waals surface area contributed by atoms with Crippen LogP contribution in [0.25, 0.3) is 0 Å². The van der Waals surface area contributed by atoms with E-state index in [0.29, 0.717) is 5.91 Å². The normalized spacial score (nSPS) is 23.3. The Bertz CT molecular complexity index is 246. The van der Waals surface area contributed by atoms with Crippen LogP contribution in [0.1, 0.15) is 38.5 Å². The summed E-state index contributed by atoms with van der Waals surface area (Å²) in [5.41, 5.74) is 0.272. The van der Waals surface area contributed by atoms with E-state index in [-0.39, 0.29) is 5.41 Å². The number of hydrogen-bond acceptors (Lipinski definition) is 2. The van der Waals surface area contributed by atoms with Gasteiger partial charge in [-0.25, -0.2) is 0 Å². The number of rotatable bonds is 5. The van der Waals surface area contributed by atoms with E-state index in [0.717, 1.165) is 24.6 Å². The van der Waals surface area contributed by atoms with E-state index < -0.39 is 0 Å². The molecule has 0 spiro atoms. The molecule has 2 aliphatic carbocycles. The van der Waals surface area contributed by atoms with Crippen molar-refractivity contribution in [3.8, 4) is 0 Å². The van der Waals surface area contributed by atoms with Gasteiger partial charge in [0.15, 0.2) is 0 Å². The summed E-state index contributed by atoms with van der Waals surface area (Å²) in [6.45, 7) is 0.974. The fourth-order valence-corrected chi connectivity index (χ4v) is 2.62. The molecule has 0 atom stereocenters. The zero-order valence-corrected chi connectivity index (χ0v) is 10.4. The molecule has 0 heterocycles. The Labute approximate surface area is 97.8 Å². The summed E-state index contributed by atoms with van der Waals surface area (Å²) in [4.78, 5) is 13.9. The van der Waals surface area contributed by atoms with Gasteiger partial charge in [0, 0.05) is 20.0 Å². The summed E-state index contributed by atoms with van der Waals surface area (Å²) in [5.74, 6) is 1.98. The molecule has 2 saturated carbocycles. The average Bonchev–Trinajstić information content (AvgIpc) is 2.91. The van der Waals surface area contributed by atoms with Gasteiger partial charge in [-0.2, -0.15) is 12.6 Å². The Balaban J connectivity index is 1.74. The third kappa shape index (κ3) is 2.68. The third-order valence-corrected chi connectivity index (χ3v) is 4.67. The lowest BCUT2D eigenvalue weighted by Gasteiger charge is -2.30. The van der Waals surface area contributed by atoms with Crippen LogP contribution in [0, 0.1) is 11.3 Å². The Morgan fingerprint density at radius 2 is 2.13 bits per heavy atom. The van der Waals surface area contributed by atoms with Gasteiger partial charge in [0.05, 0.1) is 0 Å². The average molecular weight is 227 g/mol.